The van der Waals surface area contributed by atoms with Crippen molar-refractivity contribution in [2.45, 2.75) is 51.9 Å². The number of aromatic nitrogens is 3. The number of ether oxygens (including phenoxy) is 1. The quantitative estimate of drug-likeness (QED) is 0.443. The maximum atomic E-state index is 11.9. The molecular weight excluding hydrogens is 442 g/mol. The van der Waals surface area contributed by atoms with Crippen LogP contribution in [0.25, 0.3) is 0 Å². The molecule has 0 fully saturated rings. The minimum Gasteiger partial charge on any atom is -0.487 e. The van der Waals surface area contributed by atoms with E-state index in [2.05, 4.69) is 9.97 Å². The summed E-state index contributed by atoms with van der Waals surface area (Å²) < 4.78 is 7.76. The van der Waals surface area contributed by atoms with Crippen LogP contribution in [-0.4, -0.2) is 44.6 Å². The number of hydrogen-bond acceptors (Lipinski definition) is 7. The molecule has 33 heavy (non-hydrogen) atoms. The second kappa shape index (κ2) is 11.1. The molecule has 3 aromatic rings. The van der Waals surface area contributed by atoms with Crippen LogP contribution in [0, 0.1) is 0 Å². The van der Waals surface area contributed by atoms with Gasteiger partial charge in [0.15, 0.2) is 5.13 Å². The Kier molecular flexibility index (Phi) is 8.18. The second-order valence-electron chi connectivity index (χ2n) is 7.74. The number of nitrogens with zero attached hydrogens (tertiary/aromatic N) is 4. The van der Waals surface area contributed by atoms with Crippen molar-refractivity contribution in [1.29, 1.82) is 0 Å². The Morgan fingerprint density at radius 1 is 1.33 bits per heavy atom. The Balaban J connectivity index is 1.66. The van der Waals surface area contributed by atoms with Crippen LogP contribution in [0.4, 0.5) is 5.13 Å². The van der Waals surface area contributed by atoms with Crippen LogP contribution in [0.1, 0.15) is 54.5 Å². The van der Waals surface area contributed by atoms with E-state index >= 15 is 0 Å². The summed E-state index contributed by atoms with van der Waals surface area (Å²) in [5.41, 5.74) is 7.20. The molecule has 0 bridgehead atoms. The summed E-state index contributed by atoms with van der Waals surface area (Å²) in [5, 5.41) is 12.8. The van der Waals surface area contributed by atoms with Crippen LogP contribution in [0.5, 0.6) is 5.75 Å². The second-order valence-corrected chi connectivity index (χ2v) is 8.58. The molecule has 176 valence electrons. The average molecular weight is 472 g/mol. The molecule has 0 saturated heterocycles. The molecule has 3 rings (SSSR count). The van der Waals surface area contributed by atoms with Gasteiger partial charge in [-0.05, 0) is 31.4 Å². The number of aliphatic hydroxyl groups excluding tert-OH is 1. The van der Waals surface area contributed by atoms with Gasteiger partial charge in [-0.15, -0.1) is 11.3 Å². The van der Waals surface area contributed by atoms with Crippen molar-refractivity contribution in [2.75, 3.05) is 11.9 Å². The highest BCUT2D eigenvalue weighted by Crippen LogP contribution is 2.26. The molecule has 0 aliphatic heterocycles. The maximum absolute atomic E-state index is 11.9. The third kappa shape index (κ3) is 6.17. The highest BCUT2D eigenvalue weighted by atomic mass is 32.1. The van der Waals surface area contributed by atoms with E-state index in [1.54, 1.807) is 29.6 Å². The largest absolute Gasteiger partial charge is 0.487 e. The molecule has 10 heteroatoms. The van der Waals surface area contributed by atoms with Crippen LogP contribution in [-0.2, 0) is 17.8 Å². The van der Waals surface area contributed by atoms with Crippen LogP contribution >= 0.6 is 11.3 Å². The minimum absolute atomic E-state index is 0.00988. The molecular formula is C23H29N5O4S. The van der Waals surface area contributed by atoms with Gasteiger partial charge in [-0.3, -0.25) is 14.5 Å². The smallest absolute Gasteiger partial charge is 0.268 e. The predicted octanol–water partition coefficient (Wildman–Crippen LogP) is 2.95. The number of primary amides is 1. The van der Waals surface area contributed by atoms with Gasteiger partial charge in [0.1, 0.15) is 18.1 Å². The maximum Gasteiger partial charge on any atom is 0.268 e. The van der Waals surface area contributed by atoms with Gasteiger partial charge in [-0.1, -0.05) is 25.1 Å². The van der Waals surface area contributed by atoms with Gasteiger partial charge in [0, 0.05) is 25.0 Å². The lowest BCUT2D eigenvalue weighted by Crippen LogP contribution is -2.24. The van der Waals surface area contributed by atoms with Crippen molar-refractivity contribution in [3.63, 3.8) is 0 Å². The first-order valence-corrected chi connectivity index (χ1v) is 11.6. The van der Waals surface area contributed by atoms with Gasteiger partial charge >= 0.3 is 0 Å². The fourth-order valence-corrected chi connectivity index (χ4v) is 4.24. The van der Waals surface area contributed by atoms with E-state index in [4.69, 9.17) is 10.5 Å². The van der Waals surface area contributed by atoms with Gasteiger partial charge in [0.05, 0.1) is 24.2 Å². The van der Waals surface area contributed by atoms with Gasteiger partial charge < -0.3 is 20.1 Å². The first-order valence-electron chi connectivity index (χ1n) is 10.7. The van der Waals surface area contributed by atoms with Crippen molar-refractivity contribution in [3.05, 3.63) is 59.1 Å². The normalized spacial score (nSPS) is 12.8. The number of benzene rings is 1. The average Bonchev–Trinajstić information content (AvgIpc) is 3.47. The molecule has 3 N–H and O–H groups in total. The van der Waals surface area contributed by atoms with E-state index in [1.807, 2.05) is 36.6 Å². The minimum atomic E-state index is -0.649. The summed E-state index contributed by atoms with van der Waals surface area (Å²) in [5.74, 6) is 0.140. The number of imidazole rings is 1. The Morgan fingerprint density at radius 2 is 2.09 bits per heavy atom. The number of amides is 2. The van der Waals surface area contributed by atoms with E-state index in [9.17, 15) is 14.7 Å². The monoisotopic (exact) mass is 471 g/mol. The first-order chi connectivity index (χ1) is 15.8. The summed E-state index contributed by atoms with van der Waals surface area (Å²) >= 11 is 1.40. The third-order valence-electron chi connectivity index (χ3n) is 5.35. The van der Waals surface area contributed by atoms with E-state index in [0.717, 1.165) is 17.0 Å². The standard InChI is InChI=1S/C23H29N5O4S/c1-4-21(30)27(3)23-26-17(13-33-23)12-32-20-8-6-5-7-16(20)9-10-19(15(2)29)28-11-18(22(24)31)25-14-28/h5-8,11,13-15,19,29H,4,9-10,12H2,1-3H3,(H2,24,31)/t15-,19+/m0/s1. The highest BCUT2D eigenvalue weighted by Gasteiger charge is 2.20. The lowest BCUT2D eigenvalue weighted by atomic mass is 10.0. The number of thiazole rings is 1. The van der Waals surface area contributed by atoms with E-state index in [0.29, 0.717) is 24.4 Å². The van der Waals surface area contributed by atoms with Gasteiger partial charge in [-0.2, -0.15) is 0 Å². The van der Waals surface area contributed by atoms with Crippen molar-refractivity contribution >= 4 is 28.3 Å². The number of para-hydroxylation sites is 1. The van der Waals surface area contributed by atoms with Crippen LogP contribution in [0.3, 0.4) is 0 Å². The number of hydrogen-bond donors (Lipinski definition) is 2. The molecule has 2 aromatic heterocycles. The summed E-state index contributed by atoms with van der Waals surface area (Å²) in [4.78, 5) is 33.3. The summed E-state index contributed by atoms with van der Waals surface area (Å²) in [6, 6.07) is 7.45. The number of carbonyl (C=O) groups is 2. The fraction of sp³-hybridized carbons (Fsp3) is 0.391. The zero-order chi connectivity index (χ0) is 24.0. The summed E-state index contributed by atoms with van der Waals surface area (Å²) in [7, 11) is 1.72. The van der Waals surface area contributed by atoms with E-state index < -0.39 is 12.0 Å². The van der Waals surface area contributed by atoms with Gasteiger partial charge in [0.25, 0.3) is 5.91 Å². The molecule has 1 aromatic carbocycles. The van der Waals surface area contributed by atoms with Crippen LogP contribution < -0.4 is 15.4 Å². The Bertz CT molecular complexity index is 1090. The Morgan fingerprint density at radius 3 is 2.76 bits per heavy atom. The zero-order valence-corrected chi connectivity index (χ0v) is 19.8. The van der Waals surface area contributed by atoms with E-state index in [1.165, 1.54) is 17.7 Å². The molecule has 2 heterocycles. The Hall–Kier alpha value is -3.24. The van der Waals surface area contributed by atoms with Crippen molar-refractivity contribution in [2.24, 2.45) is 5.73 Å². The number of anilines is 1. The molecule has 2 atom stereocenters. The van der Waals surface area contributed by atoms with Crippen molar-refractivity contribution in [3.8, 4) is 5.75 Å². The molecule has 0 radical (unpaired) electrons. The number of aryl methyl sites for hydroxylation is 1. The summed E-state index contributed by atoms with van der Waals surface area (Å²) in [6.07, 6.45) is 4.10. The number of rotatable bonds is 11. The lowest BCUT2D eigenvalue weighted by Gasteiger charge is -2.22. The fourth-order valence-electron chi connectivity index (χ4n) is 3.45. The SMILES string of the molecule is CCC(=O)N(C)c1nc(COc2ccccc2CC[C@H]([C@H](C)O)n2cnc(C(N)=O)c2)cs1. The Labute approximate surface area is 196 Å². The molecule has 9 nitrogen and oxygen atoms in total. The van der Waals surface area contributed by atoms with Crippen LogP contribution in [0.2, 0.25) is 0 Å². The van der Waals surface area contributed by atoms with Gasteiger partial charge in [-0.25, -0.2) is 9.97 Å². The predicted molar refractivity (Wildman–Crippen MR) is 126 cm³/mol. The molecule has 0 spiro atoms. The van der Waals surface area contributed by atoms with Crippen LogP contribution in [0.15, 0.2) is 42.2 Å². The topological polar surface area (TPSA) is 124 Å². The molecule has 2 amide bonds. The van der Waals surface area contributed by atoms with E-state index in [-0.39, 0.29) is 24.2 Å². The highest BCUT2D eigenvalue weighted by molar-refractivity contribution is 7.14. The van der Waals surface area contributed by atoms with Crippen molar-refractivity contribution in [1.82, 2.24) is 14.5 Å². The van der Waals surface area contributed by atoms with Crippen molar-refractivity contribution < 1.29 is 19.4 Å². The zero-order valence-electron chi connectivity index (χ0n) is 19.0. The first kappa shape index (κ1) is 24.4. The lowest BCUT2D eigenvalue weighted by molar-refractivity contribution is -0.118. The number of carbonyl (C=O) groups excluding carboxylic acids is 2. The number of nitrogens with two attached hydrogens (primary N) is 1. The molecule has 0 aliphatic carbocycles. The number of aliphatic hydroxyl groups is 1. The molecule has 0 aliphatic rings. The van der Waals surface area contributed by atoms with Gasteiger partial charge in [0.2, 0.25) is 5.91 Å². The third-order valence-corrected chi connectivity index (χ3v) is 6.32. The molecule has 0 saturated carbocycles. The summed E-state index contributed by atoms with van der Waals surface area (Å²) in [6.45, 7) is 3.81. The molecule has 0 unspecified atom stereocenters.